The summed E-state index contributed by atoms with van der Waals surface area (Å²) in [6.07, 6.45) is 1.10. The van der Waals surface area contributed by atoms with Gasteiger partial charge in [-0.15, -0.1) is 12.4 Å². The van der Waals surface area contributed by atoms with Gasteiger partial charge >= 0.3 is 5.97 Å². The number of H-pyrrole nitrogens is 1. The van der Waals surface area contributed by atoms with Gasteiger partial charge < -0.3 is 15.0 Å². The molecular formula is C18H15Cl2F2N3O3. The van der Waals surface area contributed by atoms with Crippen LogP contribution in [0.25, 0.3) is 11.0 Å². The largest absolute Gasteiger partial charge is 0.480 e. The van der Waals surface area contributed by atoms with Crippen LogP contribution < -0.4 is 0 Å². The molecule has 1 aromatic carbocycles. The molecule has 1 atom stereocenters. The smallest absolute Gasteiger partial charge is 0.326 e. The molecular weight excluding hydrogens is 415 g/mol. The van der Waals surface area contributed by atoms with Gasteiger partial charge in [0.1, 0.15) is 29.0 Å². The number of aliphatic carboxylic acids is 1. The molecule has 6 nitrogen and oxygen atoms in total. The molecule has 0 aliphatic carbocycles. The fraction of sp³-hybridized carbons (Fsp3) is 0.167. The molecule has 0 aliphatic heterocycles. The first-order valence-electron chi connectivity index (χ1n) is 7.84. The van der Waals surface area contributed by atoms with E-state index in [1.54, 1.807) is 6.07 Å². The standard InChI is InChI=1S/C18H14ClF2N3O3.ClH/c1-24(15(18(26)27)6-9-2-3-12(20)7-13(9)21)17(25)14-5-10-4-11(19)8-22-16(10)23-14;/h2-5,7-8,15H,6H2,1H3,(H,22,23)(H,26,27);1H. The van der Waals surface area contributed by atoms with E-state index in [-0.39, 0.29) is 30.1 Å². The lowest BCUT2D eigenvalue weighted by Crippen LogP contribution is -2.44. The highest BCUT2D eigenvalue weighted by molar-refractivity contribution is 6.31. The minimum Gasteiger partial charge on any atom is -0.480 e. The molecule has 0 saturated carbocycles. The second-order valence-electron chi connectivity index (χ2n) is 5.98. The number of nitrogens with one attached hydrogen (secondary N) is 1. The van der Waals surface area contributed by atoms with Gasteiger partial charge in [0, 0.05) is 31.1 Å². The number of carboxylic acids is 1. The van der Waals surface area contributed by atoms with E-state index in [1.165, 1.54) is 19.3 Å². The van der Waals surface area contributed by atoms with Crippen molar-refractivity contribution < 1.29 is 23.5 Å². The van der Waals surface area contributed by atoms with Gasteiger partial charge in [-0.2, -0.15) is 0 Å². The third-order valence-corrected chi connectivity index (χ3v) is 4.38. The summed E-state index contributed by atoms with van der Waals surface area (Å²) in [6.45, 7) is 0. The Hall–Kier alpha value is -2.71. The monoisotopic (exact) mass is 429 g/mol. The van der Waals surface area contributed by atoms with Gasteiger partial charge in [-0.3, -0.25) is 4.79 Å². The number of amides is 1. The maximum Gasteiger partial charge on any atom is 0.326 e. The first-order chi connectivity index (χ1) is 12.8. The minimum atomic E-state index is -1.35. The quantitative estimate of drug-likeness (QED) is 0.647. The van der Waals surface area contributed by atoms with E-state index in [9.17, 15) is 23.5 Å². The molecule has 0 aliphatic rings. The second kappa shape index (κ2) is 8.53. The van der Waals surface area contributed by atoms with Crippen molar-refractivity contribution in [2.75, 3.05) is 7.05 Å². The molecule has 0 bridgehead atoms. The van der Waals surface area contributed by atoms with Crippen LogP contribution >= 0.6 is 24.0 Å². The zero-order valence-electron chi connectivity index (χ0n) is 14.4. The number of aromatic nitrogens is 2. The number of hydrogen-bond acceptors (Lipinski definition) is 3. The van der Waals surface area contributed by atoms with Gasteiger partial charge in [0.2, 0.25) is 0 Å². The minimum absolute atomic E-state index is 0. The summed E-state index contributed by atoms with van der Waals surface area (Å²) in [4.78, 5) is 32.2. The predicted octanol–water partition coefficient (Wildman–Crippen LogP) is 3.68. The summed E-state index contributed by atoms with van der Waals surface area (Å²) in [7, 11) is 1.30. The molecule has 0 fully saturated rings. The highest BCUT2D eigenvalue weighted by Gasteiger charge is 2.29. The van der Waals surface area contributed by atoms with Crippen LogP contribution in [0, 0.1) is 11.6 Å². The van der Waals surface area contributed by atoms with Crippen molar-refractivity contribution in [1.82, 2.24) is 14.9 Å². The fourth-order valence-corrected chi connectivity index (χ4v) is 2.89. The van der Waals surface area contributed by atoms with Crippen molar-refractivity contribution in [3.05, 3.63) is 64.4 Å². The van der Waals surface area contributed by atoms with E-state index >= 15 is 0 Å². The fourth-order valence-electron chi connectivity index (χ4n) is 2.72. The molecule has 1 amide bonds. The van der Waals surface area contributed by atoms with Crippen LogP contribution in [0.3, 0.4) is 0 Å². The highest BCUT2D eigenvalue weighted by atomic mass is 35.5. The van der Waals surface area contributed by atoms with E-state index in [2.05, 4.69) is 9.97 Å². The number of benzene rings is 1. The molecule has 10 heteroatoms. The number of carbonyl (C=O) groups is 2. The molecule has 148 valence electrons. The van der Waals surface area contributed by atoms with Gasteiger partial charge in [0.15, 0.2) is 0 Å². The third kappa shape index (κ3) is 4.40. The van der Waals surface area contributed by atoms with Crippen LogP contribution in [0.1, 0.15) is 16.1 Å². The van der Waals surface area contributed by atoms with Gasteiger partial charge in [-0.25, -0.2) is 18.6 Å². The maximum atomic E-state index is 13.9. The van der Waals surface area contributed by atoms with E-state index in [0.29, 0.717) is 22.1 Å². The average molecular weight is 430 g/mol. The molecule has 0 spiro atoms. The predicted molar refractivity (Wildman–Crippen MR) is 102 cm³/mol. The normalized spacial score (nSPS) is 11.7. The summed E-state index contributed by atoms with van der Waals surface area (Å²) in [5.74, 6) is -3.56. The number of likely N-dealkylation sites (N-methyl/N-ethyl adjacent to an activating group) is 1. The summed E-state index contributed by atoms with van der Waals surface area (Å²) < 4.78 is 26.9. The molecule has 2 heterocycles. The Balaban J connectivity index is 0.00000280. The molecule has 28 heavy (non-hydrogen) atoms. The molecule has 0 radical (unpaired) electrons. The Morgan fingerprint density at radius 1 is 1.29 bits per heavy atom. The number of pyridine rings is 1. The van der Waals surface area contributed by atoms with E-state index in [1.807, 2.05) is 0 Å². The first kappa shape index (κ1) is 21.6. The van der Waals surface area contributed by atoms with Gasteiger partial charge in [0.05, 0.1) is 5.02 Å². The lowest BCUT2D eigenvalue weighted by Gasteiger charge is -2.24. The number of fused-ring (bicyclic) bond motifs is 1. The van der Waals surface area contributed by atoms with Crippen molar-refractivity contribution in [3.8, 4) is 0 Å². The van der Waals surface area contributed by atoms with Crippen molar-refractivity contribution in [2.45, 2.75) is 12.5 Å². The summed E-state index contributed by atoms with van der Waals surface area (Å²) in [5, 5.41) is 10.5. The number of nitrogens with zero attached hydrogens (tertiary/aromatic N) is 2. The Kier molecular flexibility index (Phi) is 6.58. The first-order valence-corrected chi connectivity index (χ1v) is 8.22. The summed E-state index contributed by atoms with van der Waals surface area (Å²) in [6, 6.07) is 4.63. The van der Waals surface area contributed by atoms with Crippen LogP contribution in [0.4, 0.5) is 8.78 Å². The van der Waals surface area contributed by atoms with Gasteiger partial charge in [0.25, 0.3) is 5.91 Å². The van der Waals surface area contributed by atoms with Crippen LogP contribution in [-0.4, -0.2) is 44.9 Å². The second-order valence-corrected chi connectivity index (χ2v) is 6.42. The molecule has 3 aromatic rings. The van der Waals surface area contributed by atoms with Crippen molar-refractivity contribution in [1.29, 1.82) is 0 Å². The number of rotatable bonds is 5. The number of aromatic amines is 1. The number of hydrogen-bond donors (Lipinski definition) is 2. The molecule has 0 saturated heterocycles. The zero-order valence-corrected chi connectivity index (χ0v) is 16.0. The summed E-state index contributed by atoms with van der Waals surface area (Å²) in [5.41, 5.74) is 0.536. The zero-order chi connectivity index (χ0) is 19.7. The average Bonchev–Trinajstić information content (AvgIpc) is 3.02. The van der Waals surface area contributed by atoms with Crippen molar-refractivity contribution in [2.24, 2.45) is 0 Å². The lowest BCUT2D eigenvalue weighted by atomic mass is 10.0. The number of carboxylic acid groups (broad SMARTS) is 1. The summed E-state index contributed by atoms with van der Waals surface area (Å²) >= 11 is 5.87. The molecule has 1 unspecified atom stereocenters. The van der Waals surface area contributed by atoms with Gasteiger partial charge in [-0.1, -0.05) is 17.7 Å². The SMILES string of the molecule is CN(C(=O)c1cc2cc(Cl)cnc2[nH]1)C(Cc1ccc(F)cc1F)C(=O)O.Cl. The number of carbonyl (C=O) groups excluding carboxylic acids is 1. The van der Waals surface area contributed by atoms with E-state index < -0.39 is 29.6 Å². The number of halogens is 4. The Bertz CT molecular complexity index is 1040. The Morgan fingerprint density at radius 3 is 2.64 bits per heavy atom. The van der Waals surface area contributed by atoms with Crippen LogP contribution in [0.5, 0.6) is 0 Å². The van der Waals surface area contributed by atoms with E-state index in [0.717, 1.165) is 17.0 Å². The van der Waals surface area contributed by atoms with E-state index in [4.69, 9.17) is 11.6 Å². The Morgan fingerprint density at radius 2 is 2.00 bits per heavy atom. The molecule has 2 N–H and O–H groups in total. The van der Waals surface area contributed by atoms with Crippen molar-refractivity contribution >= 4 is 46.9 Å². The van der Waals surface area contributed by atoms with Crippen molar-refractivity contribution in [3.63, 3.8) is 0 Å². The lowest BCUT2D eigenvalue weighted by molar-refractivity contribution is -0.141. The van der Waals surface area contributed by atoms with Crippen LogP contribution in [0.2, 0.25) is 5.02 Å². The molecule has 3 rings (SSSR count). The topological polar surface area (TPSA) is 86.3 Å². The van der Waals surface area contributed by atoms with Crippen LogP contribution in [-0.2, 0) is 11.2 Å². The van der Waals surface area contributed by atoms with Crippen LogP contribution in [0.15, 0.2) is 36.5 Å². The Labute approximate surface area is 169 Å². The van der Waals surface area contributed by atoms with Gasteiger partial charge in [-0.05, 0) is 23.8 Å². The third-order valence-electron chi connectivity index (χ3n) is 4.17. The maximum absolute atomic E-state index is 13.9. The molecule has 2 aromatic heterocycles. The highest BCUT2D eigenvalue weighted by Crippen LogP contribution is 2.20.